The predicted octanol–water partition coefficient (Wildman–Crippen LogP) is 2.97. The first-order valence-corrected chi connectivity index (χ1v) is 10.5. The Morgan fingerprint density at radius 2 is 2.14 bits per heavy atom. The van der Waals surface area contributed by atoms with Crippen molar-refractivity contribution >= 4 is 5.91 Å². The fourth-order valence-corrected chi connectivity index (χ4v) is 4.48. The molecule has 0 saturated carbocycles. The van der Waals surface area contributed by atoms with E-state index in [0.29, 0.717) is 11.7 Å². The average Bonchev–Trinajstić information content (AvgIpc) is 3.35. The summed E-state index contributed by atoms with van der Waals surface area (Å²) in [6.45, 7) is 5.39. The third kappa shape index (κ3) is 3.97. The zero-order chi connectivity index (χ0) is 19.5. The average molecular weight is 384 g/mol. The number of fused-ring (bicyclic) bond motifs is 1. The molecule has 150 valence electrons. The van der Waals surface area contributed by atoms with Crippen LogP contribution in [0.4, 0.5) is 4.39 Å². The van der Waals surface area contributed by atoms with Crippen LogP contribution in [0.1, 0.15) is 53.5 Å². The smallest absolute Gasteiger partial charge is 0.274 e. The Hall–Kier alpha value is -2.21. The van der Waals surface area contributed by atoms with Gasteiger partial charge < -0.3 is 10.2 Å². The lowest BCUT2D eigenvalue weighted by Crippen LogP contribution is -2.37. The van der Waals surface area contributed by atoms with Crippen molar-refractivity contribution in [1.29, 1.82) is 0 Å². The summed E-state index contributed by atoms with van der Waals surface area (Å²) < 4.78 is 15.3. The molecule has 0 spiro atoms. The number of halogens is 1. The zero-order valence-corrected chi connectivity index (χ0v) is 16.6. The molecule has 1 aromatic heterocycles. The number of carbonyl (C=O) groups is 1. The first-order chi connectivity index (χ1) is 13.7. The summed E-state index contributed by atoms with van der Waals surface area (Å²) in [6, 6.07) is 7.12. The molecule has 1 aliphatic heterocycles. The molecule has 4 rings (SSSR count). The molecule has 1 unspecified atom stereocenters. The second-order valence-corrected chi connectivity index (χ2v) is 7.86. The Morgan fingerprint density at radius 1 is 1.32 bits per heavy atom. The summed E-state index contributed by atoms with van der Waals surface area (Å²) in [5.74, 6) is -0.0850. The molecule has 28 heavy (non-hydrogen) atoms. The van der Waals surface area contributed by atoms with Gasteiger partial charge in [-0.1, -0.05) is 12.1 Å². The lowest BCUT2D eigenvalue weighted by molar-refractivity contribution is 0.0785. The summed E-state index contributed by atoms with van der Waals surface area (Å²) in [4.78, 5) is 14.9. The Kier molecular flexibility index (Phi) is 5.76. The Labute approximate surface area is 165 Å². The maximum Gasteiger partial charge on any atom is 0.274 e. The van der Waals surface area contributed by atoms with Crippen molar-refractivity contribution < 1.29 is 9.18 Å². The van der Waals surface area contributed by atoms with Gasteiger partial charge in [-0.3, -0.25) is 9.48 Å². The summed E-state index contributed by atoms with van der Waals surface area (Å²) in [5, 5.41) is 8.29. The number of hydrogen-bond acceptors (Lipinski definition) is 3. The minimum Gasteiger partial charge on any atom is -0.337 e. The molecule has 1 saturated heterocycles. The number of rotatable bonds is 6. The van der Waals surface area contributed by atoms with Gasteiger partial charge >= 0.3 is 0 Å². The van der Waals surface area contributed by atoms with Gasteiger partial charge in [-0.25, -0.2) is 4.39 Å². The second kappa shape index (κ2) is 8.43. The molecule has 2 aromatic rings. The molecule has 2 heterocycles. The molecule has 0 radical (unpaired) electrons. The van der Waals surface area contributed by atoms with E-state index in [1.165, 1.54) is 11.8 Å². The van der Waals surface area contributed by atoms with E-state index in [1.807, 2.05) is 15.6 Å². The lowest BCUT2D eigenvalue weighted by atomic mass is 9.91. The number of hydrogen-bond donors (Lipinski definition) is 1. The van der Waals surface area contributed by atoms with Gasteiger partial charge in [-0.15, -0.1) is 0 Å². The van der Waals surface area contributed by atoms with Crippen LogP contribution >= 0.6 is 0 Å². The summed E-state index contributed by atoms with van der Waals surface area (Å²) in [5.41, 5.74) is 4.03. The maximum atomic E-state index is 13.3. The van der Waals surface area contributed by atoms with Gasteiger partial charge in [0.25, 0.3) is 5.91 Å². The fraction of sp³-hybridized carbons (Fsp3) is 0.545. The number of aromatic nitrogens is 2. The number of aryl methyl sites for hydroxylation is 1. The highest BCUT2D eigenvalue weighted by Gasteiger charge is 2.31. The van der Waals surface area contributed by atoms with Crippen LogP contribution < -0.4 is 5.32 Å². The minimum absolute atomic E-state index is 0.0985. The topological polar surface area (TPSA) is 50.2 Å². The van der Waals surface area contributed by atoms with E-state index in [4.69, 9.17) is 0 Å². The number of benzene rings is 1. The number of nitrogens with zero attached hydrogens (tertiary/aromatic N) is 3. The molecule has 1 aromatic carbocycles. The quantitative estimate of drug-likeness (QED) is 0.833. The summed E-state index contributed by atoms with van der Waals surface area (Å²) >= 11 is 0. The lowest BCUT2D eigenvalue weighted by Gasteiger charge is -2.25. The van der Waals surface area contributed by atoms with E-state index in [1.54, 1.807) is 12.1 Å². The molecule has 1 amide bonds. The molecule has 5 nitrogen and oxygen atoms in total. The monoisotopic (exact) mass is 384 g/mol. The number of likely N-dealkylation sites (tertiary alicyclic amines) is 1. The van der Waals surface area contributed by atoms with Crippen LogP contribution in [0.5, 0.6) is 0 Å². The molecular weight excluding hydrogens is 355 g/mol. The van der Waals surface area contributed by atoms with E-state index in [2.05, 4.69) is 17.3 Å². The van der Waals surface area contributed by atoms with Crippen molar-refractivity contribution in [2.45, 2.75) is 58.0 Å². The van der Waals surface area contributed by atoms with Crippen molar-refractivity contribution in [3.63, 3.8) is 0 Å². The number of carbonyl (C=O) groups excluding carboxylic acids is 1. The van der Waals surface area contributed by atoms with Crippen molar-refractivity contribution in [3.05, 3.63) is 52.6 Å². The molecule has 2 aliphatic rings. The van der Waals surface area contributed by atoms with Crippen molar-refractivity contribution in [1.82, 2.24) is 20.0 Å². The fourth-order valence-electron chi connectivity index (χ4n) is 4.48. The Bertz CT molecular complexity index is 841. The SMILES string of the molecule is CCn1nc(C(=O)N2CCCC2)c2c1CCC(NCCc1cccc(F)c1)C2. The first-order valence-electron chi connectivity index (χ1n) is 10.5. The summed E-state index contributed by atoms with van der Waals surface area (Å²) in [7, 11) is 0. The van der Waals surface area contributed by atoms with Gasteiger partial charge in [-0.2, -0.15) is 5.10 Å². The Morgan fingerprint density at radius 3 is 2.89 bits per heavy atom. The number of amides is 1. The van der Waals surface area contributed by atoms with E-state index in [0.717, 1.165) is 75.8 Å². The van der Waals surface area contributed by atoms with Crippen LogP contribution in [0.2, 0.25) is 0 Å². The third-order valence-electron chi connectivity index (χ3n) is 5.98. The Balaban J connectivity index is 1.43. The molecule has 6 heteroatoms. The second-order valence-electron chi connectivity index (χ2n) is 7.86. The largest absolute Gasteiger partial charge is 0.337 e. The predicted molar refractivity (Wildman–Crippen MR) is 107 cm³/mol. The molecule has 0 bridgehead atoms. The van der Waals surface area contributed by atoms with Crippen molar-refractivity contribution in [2.24, 2.45) is 0 Å². The van der Waals surface area contributed by atoms with E-state index >= 15 is 0 Å². The maximum absolute atomic E-state index is 13.3. The van der Waals surface area contributed by atoms with Crippen LogP contribution in [0, 0.1) is 5.82 Å². The van der Waals surface area contributed by atoms with Crippen molar-refractivity contribution in [2.75, 3.05) is 19.6 Å². The van der Waals surface area contributed by atoms with Gasteiger partial charge in [0.1, 0.15) is 5.82 Å². The standard InChI is InChI=1S/C22H29FN4O/c1-2-27-20-9-8-18(24-11-10-16-6-5-7-17(23)14-16)15-19(20)21(25-27)22(28)26-12-3-4-13-26/h5-7,14,18,24H,2-4,8-13,15H2,1H3. The molecule has 1 fully saturated rings. The van der Waals surface area contributed by atoms with Gasteiger partial charge in [-0.05, 0) is 69.7 Å². The minimum atomic E-state index is -0.183. The van der Waals surface area contributed by atoms with Crippen LogP contribution in [-0.4, -0.2) is 46.3 Å². The van der Waals surface area contributed by atoms with Crippen LogP contribution in [0.15, 0.2) is 24.3 Å². The van der Waals surface area contributed by atoms with Crippen LogP contribution in [0.25, 0.3) is 0 Å². The van der Waals surface area contributed by atoms with E-state index in [9.17, 15) is 9.18 Å². The molecular formula is C22H29FN4O. The van der Waals surface area contributed by atoms with E-state index in [-0.39, 0.29) is 11.7 Å². The van der Waals surface area contributed by atoms with E-state index < -0.39 is 0 Å². The number of nitrogens with one attached hydrogen (secondary N) is 1. The first kappa shape index (κ1) is 19.1. The molecule has 1 atom stereocenters. The molecule has 1 aliphatic carbocycles. The van der Waals surface area contributed by atoms with Gasteiger partial charge in [0, 0.05) is 36.9 Å². The highest BCUT2D eigenvalue weighted by Crippen LogP contribution is 2.27. The van der Waals surface area contributed by atoms with Crippen molar-refractivity contribution in [3.8, 4) is 0 Å². The van der Waals surface area contributed by atoms with Gasteiger partial charge in [0.15, 0.2) is 5.69 Å². The molecule has 1 N–H and O–H groups in total. The van der Waals surface area contributed by atoms with Gasteiger partial charge in [0.05, 0.1) is 0 Å². The van der Waals surface area contributed by atoms with Crippen LogP contribution in [0.3, 0.4) is 0 Å². The highest BCUT2D eigenvalue weighted by atomic mass is 19.1. The zero-order valence-electron chi connectivity index (χ0n) is 16.6. The highest BCUT2D eigenvalue weighted by molar-refractivity contribution is 5.94. The third-order valence-corrected chi connectivity index (χ3v) is 5.98. The van der Waals surface area contributed by atoms with Gasteiger partial charge in [0.2, 0.25) is 0 Å². The normalized spacial score (nSPS) is 19.1. The van der Waals surface area contributed by atoms with Crippen LogP contribution in [-0.2, 0) is 25.8 Å². The summed E-state index contributed by atoms with van der Waals surface area (Å²) in [6.07, 6.45) is 5.81.